The van der Waals surface area contributed by atoms with Crippen LogP contribution in [0.5, 0.6) is 5.75 Å². The van der Waals surface area contributed by atoms with E-state index in [9.17, 15) is 0 Å². The van der Waals surface area contributed by atoms with Crippen molar-refractivity contribution in [2.24, 2.45) is 0 Å². The molecule has 2 nitrogen and oxygen atoms in total. The largest absolute Gasteiger partial charge is 0.486 e. The zero-order chi connectivity index (χ0) is 17.8. The number of para-hydroxylation sites is 1. The second kappa shape index (κ2) is 7.84. The number of fused-ring (bicyclic) bond motifs is 3. The van der Waals surface area contributed by atoms with Gasteiger partial charge in [-0.15, -0.1) is 0 Å². The molecule has 2 aromatic rings. The van der Waals surface area contributed by atoms with Crippen molar-refractivity contribution in [1.29, 1.82) is 0 Å². The van der Waals surface area contributed by atoms with Crippen LogP contribution in [0.3, 0.4) is 0 Å². The average Bonchev–Trinajstić information content (AvgIpc) is 3.02. The van der Waals surface area contributed by atoms with Crippen LogP contribution in [-0.2, 0) is 6.42 Å². The first-order valence-corrected chi connectivity index (χ1v) is 10.3. The summed E-state index contributed by atoms with van der Waals surface area (Å²) in [4.78, 5) is 2.50. The molecule has 26 heavy (non-hydrogen) atoms. The fourth-order valence-electron chi connectivity index (χ4n) is 4.89. The summed E-state index contributed by atoms with van der Waals surface area (Å²) < 4.78 is 6.60. The Morgan fingerprint density at radius 1 is 1.00 bits per heavy atom. The highest BCUT2D eigenvalue weighted by Crippen LogP contribution is 2.53. The van der Waals surface area contributed by atoms with E-state index >= 15 is 0 Å². The molecule has 2 aromatic carbocycles. The van der Waals surface area contributed by atoms with Crippen LogP contribution in [0.15, 0.2) is 54.6 Å². The third-order valence-corrected chi connectivity index (χ3v) is 6.35. The van der Waals surface area contributed by atoms with Crippen molar-refractivity contribution in [2.75, 3.05) is 20.1 Å². The molecular weight excluding hydrogens is 318 g/mol. The number of rotatable bonds is 7. The van der Waals surface area contributed by atoms with Crippen molar-refractivity contribution in [3.8, 4) is 5.75 Å². The summed E-state index contributed by atoms with van der Waals surface area (Å²) in [5.41, 5.74) is 2.95. The summed E-state index contributed by atoms with van der Waals surface area (Å²) in [6, 6.07) is 19.6. The Morgan fingerprint density at radius 2 is 1.81 bits per heavy atom. The second-order valence-corrected chi connectivity index (χ2v) is 8.15. The predicted molar refractivity (Wildman–Crippen MR) is 108 cm³/mol. The second-order valence-electron chi connectivity index (χ2n) is 8.15. The van der Waals surface area contributed by atoms with Gasteiger partial charge >= 0.3 is 0 Å². The molecule has 1 aliphatic carbocycles. The summed E-state index contributed by atoms with van der Waals surface area (Å²) in [5, 5.41) is 0. The van der Waals surface area contributed by atoms with Gasteiger partial charge in [-0.1, -0.05) is 55.0 Å². The molecule has 0 radical (unpaired) electrons. The van der Waals surface area contributed by atoms with Crippen LogP contribution in [-0.4, -0.2) is 30.6 Å². The van der Waals surface area contributed by atoms with Gasteiger partial charge in [0.05, 0.1) is 0 Å². The van der Waals surface area contributed by atoms with Crippen molar-refractivity contribution in [2.45, 2.75) is 56.5 Å². The zero-order valence-corrected chi connectivity index (χ0v) is 16.0. The van der Waals surface area contributed by atoms with E-state index in [-0.39, 0.29) is 5.60 Å². The Balaban J connectivity index is 1.32. The smallest absolute Gasteiger partial charge is 0.123 e. The maximum absolute atomic E-state index is 6.60. The van der Waals surface area contributed by atoms with Crippen LogP contribution in [0.2, 0.25) is 0 Å². The Bertz CT molecular complexity index is 713. The lowest BCUT2D eigenvalue weighted by atomic mass is 9.72. The van der Waals surface area contributed by atoms with Crippen LogP contribution < -0.4 is 4.74 Å². The molecule has 0 amide bonds. The van der Waals surface area contributed by atoms with Gasteiger partial charge in [0, 0.05) is 24.4 Å². The maximum atomic E-state index is 6.60. The topological polar surface area (TPSA) is 12.5 Å². The Labute approximate surface area is 158 Å². The van der Waals surface area contributed by atoms with E-state index in [4.69, 9.17) is 4.74 Å². The first kappa shape index (κ1) is 17.6. The standard InChI is InChI=1S/C24H31NO/c1-25(18-9-12-20-10-3-2-4-11-20)19-17-24-16-8-7-14-22(24)21-13-5-6-15-23(21)26-24/h2-6,10-11,13,15,22H,7-9,12,14,16-19H2,1H3/t22-,24+/m0/s1. The van der Waals surface area contributed by atoms with E-state index < -0.39 is 0 Å². The van der Waals surface area contributed by atoms with E-state index in [0.29, 0.717) is 5.92 Å². The minimum Gasteiger partial charge on any atom is -0.486 e. The van der Waals surface area contributed by atoms with E-state index in [1.165, 1.54) is 49.7 Å². The molecule has 1 heterocycles. The number of hydrogen-bond donors (Lipinski definition) is 0. The lowest BCUT2D eigenvalue weighted by Crippen LogP contribution is -2.43. The molecule has 1 saturated carbocycles. The van der Waals surface area contributed by atoms with Crippen LogP contribution in [0.4, 0.5) is 0 Å². The molecule has 4 rings (SSSR count). The summed E-state index contributed by atoms with van der Waals surface area (Å²) in [7, 11) is 2.27. The Kier molecular flexibility index (Phi) is 5.31. The van der Waals surface area contributed by atoms with Crippen molar-refractivity contribution in [3.05, 3.63) is 65.7 Å². The molecule has 2 aliphatic rings. The lowest BCUT2D eigenvalue weighted by molar-refractivity contribution is 0.0197. The molecule has 0 spiro atoms. The summed E-state index contributed by atoms with van der Waals surface area (Å²) >= 11 is 0. The van der Waals surface area contributed by atoms with E-state index in [2.05, 4.69) is 66.5 Å². The van der Waals surface area contributed by atoms with Gasteiger partial charge in [0.25, 0.3) is 0 Å². The number of ether oxygens (including phenoxy) is 1. The number of hydrogen-bond acceptors (Lipinski definition) is 2. The molecule has 1 fully saturated rings. The Hall–Kier alpha value is -1.80. The molecule has 0 bridgehead atoms. The molecule has 0 aromatic heterocycles. The van der Waals surface area contributed by atoms with Gasteiger partial charge in [-0.2, -0.15) is 0 Å². The van der Waals surface area contributed by atoms with Gasteiger partial charge in [-0.3, -0.25) is 0 Å². The molecule has 2 heteroatoms. The third kappa shape index (κ3) is 3.66. The minimum absolute atomic E-state index is 0.0512. The molecular formula is C24H31NO. The maximum Gasteiger partial charge on any atom is 0.123 e. The van der Waals surface area contributed by atoms with E-state index in [1.54, 1.807) is 0 Å². The quantitative estimate of drug-likeness (QED) is 0.661. The number of benzene rings is 2. The highest BCUT2D eigenvalue weighted by molar-refractivity contribution is 5.43. The lowest BCUT2D eigenvalue weighted by Gasteiger charge is -2.39. The monoisotopic (exact) mass is 349 g/mol. The highest BCUT2D eigenvalue weighted by Gasteiger charge is 2.48. The van der Waals surface area contributed by atoms with E-state index in [1.807, 2.05) is 0 Å². The molecule has 2 atom stereocenters. The normalized spacial score (nSPS) is 24.2. The number of nitrogens with zero attached hydrogens (tertiary/aromatic N) is 1. The Morgan fingerprint density at radius 3 is 2.69 bits per heavy atom. The molecule has 0 unspecified atom stereocenters. The van der Waals surface area contributed by atoms with Crippen LogP contribution >= 0.6 is 0 Å². The van der Waals surface area contributed by atoms with Gasteiger partial charge in [0.1, 0.15) is 11.4 Å². The van der Waals surface area contributed by atoms with Crippen molar-refractivity contribution in [3.63, 3.8) is 0 Å². The van der Waals surface area contributed by atoms with Crippen molar-refractivity contribution >= 4 is 0 Å². The van der Waals surface area contributed by atoms with Gasteiger partial charge in [-0.25, -0.2) is 0 Å². The summed E-state index contributed by atoms with van der Waals surface area (Å²) in [6.07, 6.45) is 8.69. The molecule has 1 aliphatic heterocycles. The van der Waals surface area contributed by atoms with Gasteiger partial charge in [0.15, 0.2) is 0 Å². The molecule has 0 N–H and O–H groups in total. The minimum atomic E-state index is 0.0512. The average molecular weight is 350 g/mol. The fraction of sp³-hybridized carbons (Fsp3) is 0.500. The van der Waals surface area contributed by atoms with Crippen LogP contribution in [0.25, 0.3) is 0 Å². The van der Waals surface area contributed by atoms with E-state index in [0.717, 1.165) is 25.3 Å². The first-order valence-electron chi connectivity index (χ1n) is 10.3. The highest BCUT2D eigenvalue weighted by atomic mass is 16.5. The summed E-state index contributed by atoms with van der Waals surface area (Å²) in [5.74, 6) is 1.75. The first-order chi connectivity index (χ1) is 12.8. The molecule has 138 valence electrons. The molecule has 0 saturated heterocycles. The van der Waals surface area contributed by atoms with Gasteiger partial charge in [0.2, 0.25) is 0 Å². The third-order valence-electron chi connectivity index (χ3n) is 6.35. The number of aryl methyl sites for hydroxylation is 1. The zero-order valence-electron chi connectivity index (χ0n) is 16.0. The fourth-order valence-corrected chi connectivity index (χ4v) is 4.89. The van der Waals surface area contributed by atoms with Crippen LogP contribution in [0.1, 0.15) is 55.6 Å². The van der Waals surface area contributed by atoms with Crippen molar-refractivity contribution in [1.82, 2.24) is 4.90 Å². The van der Waals surface area contributed by atoms with Crippen LogP contribution in [0, 0.1) is 0 Å². The predicted octanol–water partition coefficient (Wildman–Crippen LogP) is 5.43. The van der Waals surface area contributed by atoms with Gasteiger partial charge < -0.3 is 9.64 Å². The van der Waals surface area contributed by atoms with Gasteiger partial charge in [-0.05, 0) is 57.3 Å². The SMILES string of the molecule is CN(CCCc1ccccc1)CC[C@]12CCCC[C@H]1c1ccccc1O2. The van der Waals surface area contributed by atoms with Crippen molar-refractivity contribution < 1.29 is 4.74 Å². The summed E-state index contributed by atoms with van der Waals surface area (Å²) in [6.45, 7) is 2.28.